The number of methoxy groups -OCH3 is 2. The summed E-state index contributed by atoms with van der Waals surface area (Å²) >= 11 is 8.05. The molecule has 0 aromatic heterocycles. The lowest BCUT2D eigenvalue weighted by Crippen LogP contribution is -2.63. The third-order valence-corrected chi connectivity index (χ3v) is 16.2. The minimum Gasteiger partial charge on any atom is -0.495 e. The molecule has 5 amide bonds. The Balaban J connectivity index is 1.14. The number of alkyl carbamates (subject to hydrolysis) is 1. The van der Waals surface area contributed by atoms with Gasteiger partial charge in [-0.2, -0.15) is 0 Å². The molecule has 1 aromatic rings. The van der Waals surface area contributed by atoms with E-state index in [1.165, 1.54) is 54.7 Å². The molecule has 3 saturated heterocycles. The summed E-state index contributed by atoms with van der Waals surface area (Å²) in [6.07, 6.45) is 5.07. The van der Waals surface area contributed by atoms with Crippen LogP contribution < -0.4 is 15.0 Å². The number of anilines is 1. The second-order valence-corrected chi connectivity index (χ2v) is 21.2. The predicted octanol–water partition coefficient (Wildman–Crippen LogP) is 5.94. The molecule has 380 valence electrons. The van der Waals surface area contributed by atoms with Gasteiger partial charge in [-0.1, -0.05) is 49.2 Å². The number of likely N-dealkylation sites (N-methyl/N-ethyl adjacent to an activating group) is 1. The van der Waals surface area contributed by atoms with Crippen molar-refractivity contribution in [3.8, 4) is 5.75 Å². The van der Waals surface area contributed by atoms with E-state index in [2.05, 4.69) is 5.32 Å². The van der Waals surface area contributed by atoms with Crippen LogP contribution in [0.3, 0.4) is 0 Å². The molecule has 4 bridgehead atoms. The highest BCUT2D eigenvalue weighted by Gasteiger charge is 2.64. The molecule has 4 heterocycles. The maximum Gasteiger partial charge on any atom is 0.409 e. The molecule has 17 nitrogen and oxygen atoms in total. The quantitative estimate of drug-likeness (QED) is 0.126. The average Bonchev–Trinajstić information content (AvgIpc) is 3.94. The monoisotopic (exact) mass is 1000 g/mol. The zero-order valence-electron chi connectivity index (χ0n) is 41.2. The molecular formula is C50H69ClN4O13S. The zero-order valence-corrected chi connectivity index (χ0v) is 42.8. The number of rotatable bonds is 14. The number of ketones is 1. The number of ether oxygens (including phenoxy) is 5. The molecule has 6 rings (SSSR count). The van der Waals surface area contributed by atoms with E-state index in [1.807, 2.05) is 19.9 Å². The van der Waals surface area contributed by atoms with Crippen LogP contribution in [-0.4, -0.2) is 144 Å². The number of hydrogen-bond donors (Lipinski definition) is 2. The molecule has 9 atom stereocenters. The van der Waals surface area contributed by atoms with Crippen molar-refractivity contribution in [3.63, 3.8) is 0 Å². The smallest absolute Gasteiger partial charge is 0.409 e. The maximum absolute atomic E-state index is 14.3. The van der Waals surface area contributed by atoms with Crippen molar-refractivity contribution in [1.29, 1.82) is 0 Å². The number of benzene rings is 1. The van der Waals surface area contributed by atoms with E-state index < -0.39 is 76.8 Å². The van der Waals surface area contributed by atoms with Crippen LogP contribution in [0.1, 0.15) is 104 Å². The van der Waals surface area contributed by atoms with Crippen LogP contribution in [0.5, 0.6) is 5.75 Å². The first-order valence-corrected chi connectivity index (χ1v) is 25.4. The fraction of sp³-hybridized carbons (Fsp3) is 0.660. The molecule has 19 heteroatoms. The first kappa shape index (κ1) is 53.9. The summed E-state index contributed by atoms with van der Waals surface area (Å²) in [5, 5.41) is 13.9. The van der Waals surface area contributed by atoms with E-state index in [4.69, 9.17) is 35.3 Å². The third kappa shape index (κ3) is 12.3. The van der Waals surface area contributed by atoms with Crippen molar-refractivity contribution in [2.45, 2.75) is 152 Å². The van der Waals surface area contributed by atoms with Gasteiger partial charge in [0.2, 0.25) is 23.6 Å². The average molecular weight is 1000 g/mol. The molecule has 4 fully saturated rings. The van der Waals surface area contributed by atoms with Gasteiger partial charge in [-0.3, -0.25) is 34.2 Å². The Morgan fingerprint density at radius 1 is 1.07 bits per heavy atom. The molecular weight excluding hydrogens is 932 g/mol. The predicted molar refractivity (Wildman–Crippen MR) is 259 cm³/mol. The molecule has 1 unspecified atom stereocenters. The number of likely N-dealkylation sites (tertiary alicyclic amines) is 1. The van der Waals surface area contributed by atoms with Crippen LogP contribution in [-0.2, 0) is 54.1 Å². The van der Waals surface area contributed by atoms with E-state index in [9.17, 15) is 38.7 Å². The standard InChI is InChI=1S/C50H69ClN4O13S/c1-10-12-35(56)33-17-15-31(16-18-33)27-55-43(59)24-38(46(55)60)69-20-19-41(57)53(6)30(4)47(61)67-40-25-42(58)54(7)34-22-32(23-36(64-8)44(34)51)21-28(2)13-11-14-39(65-9)50(63)26-37(66-48(62)52-50)29(3)45-49(40,5)68-45/h11,13-14,22-23,29-31,33,37-40,45,63H,10,12,15-21,24-27H2,1-9H3,(H,52,62)/b14-11+,28-13+/t29-,30+,31?,33?,37+,38?,39-,40+,45+,49+,50+/m1/s1. The molecule has 69 heavy (non-hydrogen) atoms. The van der Waals surface area contributed by atoms with Crippen LogP contribution in [0.2, 0.25) is 5.02 Å². The number of imide groups is 1. The lowest BCUT2D eigenvalue weighted by Gasteiger charge is -2.42. The first-order chi connectivity index (χ1) is 32.6. The van der Waals surface area contributed by atoms with Gasteiger partial charge in [-0.15, -0.1) is 11.8 Å². The SMILES string of the molecule is CCCC(=O)C1CCC(CN2C(=O)CC(SCCC(=O)N(C)[C@@H](C)C(=O)O[C@H]3CC(=O)N(C)c4cc(cc(OC)c4Cl)C/C(C)=C/C=C/[C@@H](OC)[C@@]4(O)C[C@H](OC(=O)N4)[C@@H](C)[C@@H]4O[C@@]34C)C2=O)CC1. The van der Waals surface area contributed by atoms with Gasteiger partial charge in [0, 0.05) is 71.0 Å². The van der Waals surface area contributed by atoms with Crippen molar-refractivity contribution >= 4 is 70.5 Å². The van der Waals surface area contributed by atoms with E-state index in [0.717, 1.165) is 43.2 Å². The zero-order chi connectivity index (χ0) is 50.5. The van der Waals surface area contributed by atoms with Crippen molar-refractivity contribution in [2.24, 2.45) is 17.8 Å². The summed E-state index contributed by atoms with van der Waals surface area (Å²) in [6.45, 7) is 9.22. The highest BCUT2D eigenvalue weighted by atomic mass is 35.5. The van der Waals surface area contributed by atoms with Crippen LogP contribution in [0, 0.1) is 17.8 Å². The van der Waals surface area contributed by atoms with Gasteiger partial charge < -0.3 is 38.6 Å². The van der Waals surface area contributed by atoms with Crippen molar-refractivity contribution in [2.75, 3.05) is 45.5 Å². The van der Waals surface area contributed by atoms with Gasteiger partial charge >= 0.3 is 12.1 Å². The van der Waals surface area contributed by atoms with E-state index in [0.29, 0.717) is 36.6 Å². The summed E-state index contributed by atoms with van der Waals surface area (Å²) < 4.78 is 29.4. The minimum atomic E-state index is -1.87. The molecule has 1 aromatic carbocycles. The molecule has 0 radical (unpaired) electrons. The number of carbonyl (C=O) groups excluding carboxylic acids is 7. The van der Waals surface area contributed by atoms with E-state index >= 15 is 0 Å². The highest BCUT2D eigenvalue weighted by molar-refractivity contribution is 8.00. The van der Waals surface area contributed by atoms with Crippen LogP contribution >= 0.6 is 23.4 Å². The number of epoxide rings is 1. The summed E-state index contributed by atoms with van der Waals surface area (Å²) in [7, 11) is 5.91. The van der Waals surface area contributed by atoms with Crippen molar-refractivity contribution in [3.05, 3.63) is 46.5 Å². The number of nitrogens with one attached hydrogen (secondary N) is 1. The van der Waals surface area contributed by atoms with Crippen LogP contribution in [0.4, 0.5) is 10.5 Å². The Bertz CT molecular complexity index is 2200. The number of amides is 5. The second kappa shape index (κ2) is 22.7. The number of hydrogen-bond acceptors (Lipinski definition) is 14. The fourth-order valence-corrected chi connectivity index (χ4v) is 11.5. The Morgan fingerprint density at radius 2 is 1.78 bits per heavy atom. The van der Waals surface area contributed by atoms with Gasteiger partial charge in [0.05, 0.1) is 30.6 Å². The van der Waals surface area contributed by atoms with E-state index in [-0.39, 0.29) is 60.1 Å². The molecule has 1 aliphatic carbocycles. The molecule has 1 saturated carbocycles. The van der Waals surface area contributed by atoms with Gasteiger partial charge in [0.25, 0.3) is 0 Å². The number of Topliss-reactive ketones (excluding diaryl/α,β-unsaturated/α-hetero) is 1. The van der Waals surface area contributed by atoms with Crippen LogP contribution in [0.15, 0.2) is 35.9 Å². The molecule has 2 N–H and O–H groups in total. The lowest BCUT2D eigenvalue weighted by atomic mass is 9.79. The summed E-state index contributed by atoms with van der Waals surface area (Å²) in [4.78, 5) is 97.7. The number of fused-ring (bicyclic) bond motifs is 5. The molecule has 5 aliphatic rings. The molecule has 4 aliphatic heterocycles. The second-order valence-electron chi connectivity index (χ2n) is 19.5. The Labute approximate surface area is 414 Å². The number of carbonyl (C=O) groups is 7. The Hall–Kier alpha value is -4.49. The first-order valence-electron chi connectivity index (χ1n) is 24.0. The fourth-order valence-electron chi connectivity index (χ4n) is 10.0. The number of thioether (sulfide) groups is 1. The highest BCUT2D eigenvalue weighted by Crippen LogP contribution is 2.49. The third-order valence-electron chi connectivity index (χ3n) is 14.6. The largest absolute Gasteiger partial charge is 0.495 e. The minimum absolute atomic E-state index is 0.0285. The Kier molecular flexibility index (Phi) is 17.7. The van der Waals surface area contributed by atoms with Gasteiger partial charge in [-0.25, -0.2) is 9.59 Å². The number of aliphatic hydroxyl groups is 1. The molecule has 0 spiro atoms. The van der Waals surface area contributed by atoms with Gasteiger partial charge in [0.1, 0.15) is 46.5 Å². The summed E-state index contributed by atoms with van der Waals surface area (Å²) in [5.74, 6) is -1.69. The van der Waals surface area contributed by atoms with E-state index in [1.54, 1.807) is 45.2 Å². The number of allylic oxidation sites excluding steroid dienone is 3. The van der Waals surface area contributed by atoms with Crippen LogP contribution in [0.25, 0.3) is 0 Å². The van der Waals surface area contributed by atoms with Gasteiger partial charge in [-0.05, 0) is 82.9 Å². The number of nitrogens with zero attached hydrogens (tertiary/aromatic N) is 3. The van der Waals surface area contributed by atoms with Crippen molar-refractivity contribution < 1.29 is 62.4 Å². The number of halogens is 1. The van der Waals surface area contributed by atoms with Gasteiger partial charge in [0.15, 0.2) is 5.72 Å². The lowest BCUT2D eigenvalue weighted by molar-refractivity contribution is -0.162. The topological polar surface area (TPSA) is 211 Å². The number of esters is 1. The maximum atomic E-state index is 14.3. The summed E-state index contributed by atoms with van der Waals surface area (Å²) in [6, 6.07) is 2.43. The Morgan fingerprint density at radius 3 is 2.45 bits per heavy atom. The normalized spacial score (nSPS) is 32.5. The van der Waals surface area contributed by atoms with Crippen molar-refractivity contribution in [1.82, 2.24) is 15.1 Å². The summed E-state index contributed by atoms with van der Waals surface area (Å²) in [5.41, 5.74) is -1.13.